The molecule has 4 rings (SSSR count). The molecule has 0 amide bonds. The predicted molar refractivity (Wildman–Crippen MR) is 91.4 cm³/mol. The quantitative estimate of drug-likeness (QED) is 0.644. The minimum atomic E-state index is -1.00. The fraction of sp³-hybridized carbons (Fsp3) is 0.200. The van der Waals surface area contributed by atoms with Crippen LogP contribution < -0.4 is 10.6 Å². The maximum Gasteiger partial charge on any atom is 0.167 e. The van der Waals surface area contributed by atoms with E-state index >= 15 is 0 Å². The van der Waals surface area contributed by atoms with Crippen molar-refractivity contribution >= 4 is 45.5 Å². The van der Waals surface area contributed by atoms with Gasteiger partial charge in [-0.15, -0.1) is 23.7 Å². The van der Waals surface area contributed by atoms with Crippen LogP contribution in [0.1, 0.15) is 10.4 Å². The SMILES string of the molecule is Cl.Oc1cc(Nc2ncnc3sc4c(c23)CCNC4)c(F)cc1F. The molecule has 5 nitrogen and oxygen atoms in total. The first-order chi connectivity index (χ1) is 11.1. The van der Waals surface area contributed by atoms with Crippen LogP contribution in [0.5, 0.6) is 5.75 Å². The minimum absolute atomic E-state index is 0. The summed E-state index contributed by atoms with van der Waals surface area (Å²) in [5.41, 5.74) is 1.12. The third kappa shape index (κ3) is 2.77. The molecule has 2 aromatic heterocycles. The fourth-order valence-corrected chi connectivity index (χ4v) is 3.87. The second kappa shape index (κ2) is 6.46. The summed E-state index contributed by atoms with van der Waals surface area (Å²) in [6, 6.07) is 1.65. The highest BCUT2D eigenvalue weighted by atomic mass is 35.5. The zero-order chi connectivity index (χ0) is 16.0. The summed E-state index contributed by atoms with van der Waals surface area (Å²) in [5.74, 6) is -1.95. The number of hydrogen-bond donors (Lipinski definition) is 3. The Kier molecular flexibility index (Phi) is 4.53. The minimum Gasteiger partial charge on any atom is -0.505 e. The molecule has 0 aliphatic carbocycles. The number of nitrogens with zero attached hydrogens (tertiary/aromatic N) is 2. The van der Waals surface area contributed by atoms with Crippen LogP contribution in [0.25, 0.3) is 10.2 Å². The standard InChI is InChI=1S/C15H12F2N4OS.ClH/c16-8-3-9(17)11(22)4-10(8)21-14-13-7-1-2-18-5-12(7)23-15(13)20-6-19-14;/h3-4,6,18,22H,1-2,5H2,(H,19,20,21);1H. The number of phenols is 1. The Morgan fingerprint density at radius 3 is 2.88 bits per heavy atom. The van der Waals surface area contributed by atoms with E-state index in [1.807, 2.05) is 0 Å². The summed E-state index contributed by atoms with van der Waals surface area (Å²) in [4.78, 5) is 10.5. The lowest BCUT2D eigenvalue weighted by Crippen LogP contribution is -2.22. The van der Waals surface area contributed by atoms with Crippen molar-refractivity contribution < 1.29 is 13.9 Å². The van der Waals surface area contributed by atoms with Gasteiger partial charge in [0, 0.05) is 23.6 Å². The molecule has 3 aromatic rings. The lowest BCUT2D eigenvalue weighted by Gasteiger charge is -2.14. The Balaban J connectivity index is 0.00000169. The molecule has 9 heteroatoms. The topological polar surface area (TPSA) is 70.1 Å². The number of benzene rings is 1. The number of anilines is 2. The highest BCUT2D eigenvalue weighted by molar-refractivity contribution is 7.19. The second-order valence-electron chi connectivity index (χ2n) is 5.24. The van der Waals surface area contributed by atoms with E-state index in [0.29, 0.717) is 11.9 Å². The van der Waals surface area contributed by atoms with Gasteiger partial charge in [0.15, 0.2) is 11.6 Å². The molecular formula is C15H13ClF2N4OS. The maximum atomic E-state index is 13.9. The lowest BCUT2D eigenvalue weighted by molar-refractivity contribution is 0.428. The number of fused-ring (bicyclic) bond motifs is 3. The van der Waals surface area contributed by atoms with Crippen LogP contribution in [0.4, 0.5) is 20.3 Å². The molecule has 3 heterocycles. The van der Waals surface area contributed by atoms with Gasteiger partial charge in [0.1, 0.15) is 22.8 Å². The van der Waals surface area contributed by atoms with E-state index in [4.69, 9.17) is 0 Å². The zero-order valence-corrected chi connectivity index (χ0v) is 13.9. The highest BCUT2D eigenvalue weighted by Crippen LogP contribution is 2.37. The summed E-state index contributed by atoms with van der Waals surface area (Å²) >= 11 is 1.58. The van der Waals surface area contributed by atoms with Crippen molar-refractivity contribution in [2.24, 2.45) is 0 Å². The number of rotatable bonds is 2. The van der Waals surface area contributed by atoms with Gasteiger partial charge in [-0.25, -0.2) is 18.7 Å². The second-order valence-corrected chi connectivity index (χ2v) is 6.33. The fourth-order valence-electron chi connectivity index (χ4n) is 2.71. The molecule has 0 unspecified atom stereocenters. The molecule has 24 heavy (non-hydrogen) atoms. The molecule has 0 spiro atoms. The van der Waals surface area contributed by atoms with Crippen molar-refractivity contribution in [1.82, 2.24) is 15.3 Å². The van der Waals surface area contributed by atoms with E-state index in [1.54, 1.807) is 11.3 Å². The van der Waals surface area contributed by atoms with Gasteiger partial charge < -0.3 is 15.7 Å². The van der Waals surface area contributed by atoms with Gasteiger partial charge in [0.05, 0.1) is 11.1 Å². The highest BCUT2D eigenvalue weighted by Gasteiger charge is 2.20. The van der Waals surface area contributed by atoms with Crippen LogP contribution in [0.2, 0.25) is 0 Å². The van der Waals surface area contributed by atoms with Gasteiger partial charge in [0.25, 0.3) is 0 Å². The molecule has 1 aliphatic rings. The average Bonchev–Trinajstić information content (AvgIpc) is 2.92. The van der Waals surface area contributed by atoms with Gasteiger partial charge in [-0.2, -0.15) is 0 Å². The molecule has 1 aliphatic heterocycles. The first kappa shape index (κ1) is 16.8. The van der Waals surface area contributed by atoms with E-state index in [9.17, 15) is 13.9 Å². The summed E-state index contributed by atoms with van der Waals surface area (Å²) < 4.78 is 27.1. The van der Waals surface area contributed by atoms with E-state index in [0.717, 1.165) is 41.4 Å². The van der Waals surface area contributed by atoms with E-state index in [1.165, 1.54) is 11.2 Å². The molecular weight excluding hydrogens is 358 g/mol. The zero-order valence-electron chi connectivity index (χ0n) is 12.3. The van der Waals surface area contributed by atoms with E-state index < -0.39 is 17.4 Å². The predicted octanol–water partition coefficient (Wildman–Crippen LogP) is 3.49. The average molecular weight is 371 g/mol. The number of phenolic OH excluding ortho intramolecular Hbond substituents is 1. The van der Waals surface area contributed by atoms with Crippen LogP contribution in [-0.4, -0.2) is 21.6 Å². The van der Waals surface area contributed by atoms with Crippen molar-refractivity contribution in [3.05, 3.63) is 40.5 Å². The van der Waals surface area contributed by atoms with Crippen LogP contribution >= 0.6 is 23.7 Å². The first-order valence-corrected chi connectivity index (χ1v) is 7.86. The van der Waals surface area contributed by atoms with Crippen LogP contribution in [0.3, 0.4) is 0 Å². The van der Waals surface area contributed by atoms with Crippen molar-refractivity contribution in [1.29, 1.82) is 0 Å². The van der Waals surface area contributed by atoms with Crippen LogP contribution in [0.15, 0.2) is 18.5 Å². The van der Waals surface area contributed by atoms with E-state index in [2.05, 4.69) is 20.6 Å². The van der Waals surface area contributed by atoms with Gasteiger partial charge in [0.2, 0.25) is 0 Å². The molecule has 0 fully saturated rings. The monoisotopic (exact) mass is 370 g/mol. The molecule has 0 atom stereocenters. The lowest BCUT2D eigenvalue weighted by atomic mass is 10.1. The Morgan fingerprint density at radius 2 is 2.04 bits per heavy atom. The third-order valence-electron chi connectivity index (χ3n) is 3.80. The van der Waals surface area contributed by atoms with Crippen molar-refractivity contribution in [3.8, 4) is 5.75 Å². The Bertz CT molecular complexity index is 918. The molecule has 0 saturated heterocycles. The van der Waals surface area contributed by atoms with Crippen molar-refractivity contribution in [3.63, 3.8) is 0 Å². The first-order valence-electron chi connectivity index (χ1n) is 7.04. The van der Waals surface area contributed by atoms with Gasteiger partial charge >= 0.3 is 0 Å². The molecule has 3 N–H and O–H groups in total. The summed E-state index contributed by atoms with van der Waals surface area (Å²) in [5, 5.41) is 16.5. The smallest absolute Gasteiger partial charge is 0.167 e. The molecule has 0 radical (unpaired) electrons. The molecule has 0 saturated carbocycles. The van der Waals surface area contributed by atoms with Gasteiger partial charge in [-0.3, -0.25) is 0 Å². The Morgan fingerprint density at radius 1 is 1.21 bits per heavy atom. The summed E-state index contributed by atoms with van der Waals surface area (Å²) in [7, 11) is 0. The Labute approximate surface area is 146 Å². The van der Waals surface area contributed by atoms with Crippen molar-refractivity contribution in [2.45, 2.75) is 13.0 Å². The molecule has 0 bridgehead atoms. The number of aromatic nitrogens is 2. The third-order valence-corrected chi connectivity index (χ3v) is 4.94. The largest absolute Gasteiger partial charge is 0.505 e. The van der Waals surface area contributed by atoms with Crippen LogP contribution in [0, 0.1) is 11.6 Å². The summed E-state index contributed by atoms with van der Waals surface area (Å²) in [6.45, 7) is 1.64. The summed E-state index contributed by atoms with van der Waals surface area (Å²) in [6.07, 6.45) is 2.25. The molecule has 1 aromatic carbocycles. The van der Waals surface area contributed by atoms with Crippen LogP contribution in [-0.2, 0) is 13.0 Å². The number of thiophene rings is 1. The van der Waals surface area contributed by atoms with Crippen molar-refractivity contribution in [2.75, 3.05) is 11.9 Å². The normalized spacial score (nSPS) is 13.4. The van der Waals surface area contributed by atoms with Gasteiger partial charge in [-0.05, 0) is 18.5 Å². The molecule has 126 valence electrons. The van der Waals surface area contributed by atoms with Gasteiger partial charge in [-0.1, -0.05) is 0 Å². The number of nitrogens with one attached hydrogen (secondary N) is 2. The Hall–Kier alpha value is -2.03. The number of hydrogen-bond acceptors (Lipinski definition) is 6. The maximum absolute atomic E-state index is 13.9. The van der Waals surface area contributed by atoms with E-state index in [-0.39, 0.29) is 18.1 Å². The number of halogens is 3. The number of aromatic hydroxyl groups is 1.